The molecule has 0 unspecified atom stereocenters. The third-order valence-electron chi connectivity index (χ3n) is 1.02. The van der Waals surface area contributed by atoms with Gasteiger partial charge in [-0.05, 0) is 0 Å². The summed E-state index contributed by atoms with van der Waals surface area (Å²) in [6, 6.07) is 0. The zero-order chi connectivity index (χ0) is 5.11. The Hall–Kier alpha value is 0.323. The molecule has 0 aliphatic heterocycles. The molecule has 41 valence electrons. The van der Waals surface area contributed by atoms with Crippen LogP contribution in [0.3, 0.4) is 0 Å². The van der Waals surface area contributed by atoms with Crippen LogP contribution in [0.4, 0.5) is 0 Å². The van der Waals surface area contributed by atoms with Gasteiger partial charge in [0.1, 0.15) is 0 Å². The van der Waals surface area contributed by atoms with E-state index in [4.69, 9.17) is 0 Å². The van der Waals surface area contributed by atoms with E-state index in [0.29, 0.717) is 0 Å². The van der Waals surface area contributed by atoms with Gasteiger partial charge in [-0.2, -0.15) is 0 Å². The molecule has 1 aliphatic carbocycles. The van der Waals surface area contributed by atoms with Crippen molar-refractivity contribution >= 4 is 0 Å². The second kappa shape index (κ2) is 4.23. The van der Waals surface area contributed by atoms with Gasteiger partial charge in [0.25, 0.3) is 0 Å². The molecule has 0 bridgehead atoms. The molecule has 0 saturated carbocycles. The molecule has 1 nitrogen and oxygen atoms in total. The van der Waals surface area contributed by atoms with Gasteiger partial charge in [-0.15, -0.1) is 0 Å². The average molecular weight is 186 g/mol. The van der Waals surface area contributed by atoms with Crippen LogP contribution in [0.25, 0.3) is 0 Å². The molecule has 0 heterocycles. The minimum absolute atomic E-state index is 0. The quantitative estimate of drug-likeness (QED) is 0.585. The summed E-state index contributed by atoms with van der Waals surface area (Å²) >= 11 is 0. The Kier molecular flexibility index (Phi) is 4.40. The van der Waals surface area contributed by atoms with Crippen LogP contribution in [0.5, 0.6) is 0 Å². The van der Waals surface area contributed by atoms with Crippen molar-refractivity contribution in [3.63, 3.8) is 0 Å². The largest absolute Gasteiger partial charge is 0.236 e. The molecule has 0 spiro atoms. The van der Waals surface area contributed by atoms with E-state index >= 15 is 0 Å². The van der Waals surface area contributed by atoms with Gasteiger partial charge in [0, 0.05) is 32.1 Å². The van der Waals surface area contributed by atoms with E-state index in [9.17, 15) is 5.11 Å². The number of allylic oxidation sites excluding steroid dienone is 2. The molecule has 0 N–H and O–H groups in total. The molecule has 0 aromatic heterocycles. The molecular weight excluding hydrogens is 179 g/mol. The SMILES string of the molecule is [O]CC1C=CC=C1.[Zr]. The van der Waals surface area contributed by atoms with Crippen LogP contribution >= 0.6 is 0 Å². The van der Waals surface area contributed by atoms with E-state index in [1.54, 1.807) is 0 Å². The van der Waals surface area contributed by atoms with Crippen molar-refractivity contribution < 1.29 is 31.3 Å². The fraction of sp³-hybridized carbons (Fsp3) is 0.333. The molecule has 0 amide bonds. The third-order valence-corrected chi connectivity index (χ3v) is 1.02. The second-order valence-electron chi connectivity index (χ2n) is 1.60. The van der Waals surface area contributed by atoms with Crippen LogP contribution in [0.1, 0.15) is 0 Å². The Morgan fingerprint density at radius 1 is 1.25 bits per heavy atom. The van der Waals surface area contributed by atoms with Gasteiger partial charge < -0.3 is 0 Å². The van der Waals surface area contributed by atoms with Crippen LogP contribution in [0.15, 0.2) is 24.3 Å². The number of hydrogen-bond acceptors (Lipinski definition) is 0. The first-order chi connectivity index (χ1) is 3.43. The van der Waals surface area contributed by atoms with Crippen molar-refractivity contribution in [2.45, 2.75) is 0 Å². The molecule has 0 saturated heterocycles. The van der Waals surface area contributed by atoms with Gasteiger partial charge in [0.15, 0.2) is 0 Å². The normalized spacial score (nSPS) is 16.6. The van der Waals surface area contributed by atoms with E-state index in [0.717, 1.165) is 0 Å². The molecule has 8 heavy (non-hydrogen) atoms. The van der Waals surface area contributed by atoms with E-state index in [-0.39, 0.29) is 38.7 Å². The average Bonchev–Trinajstić information content (AvgIpc) is 2.14. The van der Waals surface area contributed by atoms with E-state index in [2.05, 4.69) is 0 Å². The van der Waals surface area contributed by atoms with Crippen molar-refractivity contribution in [1.29, 1.82) is 0 Å². The third kappa shape index (κ3) is 2.06. The van der Waals surface area contributed by atoms with E-state index in [1.165, 1.54) is 0 Å². The maximum absolute atomic E-state index is 10.0. The summed E-state index contributed by atoms with van der Waals surface area (Å²) in [5, 5.41) is 10.0. The Balaban J connectivity index is 0.000000490. The van der Waals surface area contributed by atoms with E-state index in [1.807, 2.05) is 24.3 Å². The van der Waals surface area contributed by atoms with Crippen molar-refractivity contribution in [1.82, 2.24) is 0 Å². The first-order valence-electron chi connectivity index (χ1n) is 2.36. The van der Waals surface area contributed by atoms with Crippen LogP contribution in [0, 0.1) is 5.92 Å². The molecule has 0 aromatic rings. The fourth-order valence-corrected chi connectivity index (χ4v) is 0.589. The van der Waals surface area contributed by atoms with E-state index < -0.39 is 0 Å². The Labute approximate surface area is 68.2 Å². The fourth-order valence-electron chi connectivity index (χ4n) is 0.589. The maximum atomic E-state index is 10.0. The minimum Gasteiger partial charge on any atom is -0.236 e. The van der Waals surface area contributed by atoms with Gasteiger partial charge >= 0.3 is 0 Å². The van der Waals surface area contributed by atoms with Crippen molar-refractivity contribution in [3.8, 4) is 0 Å². The van der Waals surface area contributed by atoms with Gasteiger partial charge in [-0.25, -0.2) is 5.11 Å². The smallest absolute Gasteiger partial charge is 0.0919 e. The standard InChI is InChI=1S/C6H7O.Zr/c7-5-6-3-1-2-4-6;/h1-4,6H,5H2;. The summed E-state index contributed by atoms with van der Waals surface area (Å²) in [5.41, 5.74) is 0. The second-order valence-corrected chi connectivity index (χ2v) is 1.60. The predicted octanol–water partition coefficient (Wildman–Crippen LogP) is 1.16. The molecular formula is C6H7OZr. The Bertz CT molecular complexity index is 95.1. The van der Waals surface area contributed by atoms with Gasteiger partial charge in [0.2, 0.25) is 0 Å². The van der Waals surface area contributed by atoms with Crippen molar-refractivity contribution in [2.75, 3.05) is 6.61 Å². The summed E-state index contributed by atoms with van der Waals surface area (Å²) in [4.78, 5) is 0. The number of hydrogen-bond donors (Lipinski definition) is 0. The summed E-state index contributed by atoms with van der Waals surface area (Å²) in [6.07, 6.45) is 7.63. The van der Waals surface area contributed by atoms with Crippen LogP contribution in [-0.2, 0) is 31.3 Å². The molecule has 2 heteroatoms. The van der Waals surface area contributed by atoms with Crippen LogP contribution in [0.2, 0.25) is 0 Å². The molecule has 0 fully saturated rings. The molecule has 1 radical (unpaired) electrons. The Morgan fingerprint density at radius 2 is 1.75 bits per heavy atom. The minimum atomic E-state index is -0.00694. The monoisotopic (exact) mass is 185 g/mol. The van der Waals surface area contributed by atoms with Crippen molar-refractivity contribution in [3.05, 3.63) is 24.3 Å². The van der Waals surface area contributed by atoms with Crippen molar-refractivity contribution in [2.24, 2.45) is 5.92 Å². The molecule has 1 aliphatic rings. The summed E-state index contributed by atoms with van der Waals surface area (Å²) in [6.45, 7) is -0.00694. The molecule has 1 rings (SSSR count). The predicted molar refractivity (Wildman–Crippen MR) is 27.3 cm³/mol. The summed E-state index contributed by atoms with van der Waals surface area (Å²) in [7, 11) is 0. The topological polar surface area (TPSA) is 19.9 Å². The summed E-state index contributed by atoms with van der Waals surface area (Å²) in [5.74, 6) is 0.181. The molecule has 0 atom stereocenters. The van der Waals surface area contributed by atoms with Gasteiger partial charge in [-0.3, -0.25) is 0 Å². The zero-order valence-corrected chi connectivity index (χ0v) is 6.96. The number of rotatable bonds is 1. The Morgan fingerprint density at radius 3 is 2.00 bits per heavy atom. The molecule has 0 aromatic carbocycles. The van der Waals surface area contributed by atoms with Gasteiger partial charge in [-0.1, -0.05) is 24.3 Å². The first kappa shape index (κ1) is 8.32. The van der Waals surface area contributed by atoms with Crippen LogP contribution < -0.4 is 0 Å². The van der Waals surface area contributed by atoms with Gasteiger partial charge in [0.05, 0.1) is 6.61 Å². The first-order valence-corrected chi connectivity index (χ1v) is 2.36. The van der Waals surface area contributed by atoms with Crippen LogP contribution in [-0.4, -0.2) is 6.61 Å². The maximum Gasteiger partial charge on any atom is 0.0919 e. The summed E-state index contributed by atoms with van der Waals surface area (Å²) < 4.78 is 0. The zero-order valence-electron chi connectivity index (χ0n) is 4.50.